The summed E-state index contributed by atoms with van der Waals surface area (Å²) in [5, 5.41) is 11.3. The molecule has 0 spiro atoms. The fraction of sp³-hybridized carbons (Fsp3) is 0.167. The predicted molar refractivity (Wildman–Crippen MR) is 97.4 cm³/mol. The number of hydrogen-bond donors (Lipinski definition) is 2. The third-order valence-electron chi connectivity index (χ3n) is 3.37. The van der Waals surface area contributed by atoms with Crippen molar-refractivity contribution in [2.75, 3.05) is 18.5 Å². The van der Waals surface area contributed by atoms with Gasteiger partial charge in [-0.15, -0.1) is 0 Å². The summed E-state index contributed by atoms with van der Waals surface area (Å²) in [7, 11) is -3.60. The number of rotatable bonds is 7. The Labute approximate surface area is 156 Å². The SMILES string of the molecule is CCNS(=O)(=O)c1ccc(C(=O)OCC(=O)Nc2ccc(C#N)cc2)cc1. The average Bonchev–Trinajstić information content (AvgIpc) is 2.67. The van der Waals surface area contributed by atoms with Crippen LogP contribution in [-0.4, -0.2) is 33.4 Å². The zero-order chi connectivity index (χ0) is 19.9. The second-order valence-corrected chi connectivity index (χ2v) is 7.11. The van der Waals surface area contributed by atoms with Crippen molar-refractivity contribution >= 4 is 27.6 Å². The highest BCUT2D eigenvalue weighted by Gasteiger charge is 2.15. The van der Waals surface area contributed by atoms with Crippen molar-refractivity contribution in [3.05, 3.63) is 59.7 Å². The monoisotopic (exact) mass is 387 g/mol. The number of nitriles is 1. The minimum absolute atomic E-state index is 0.0273. The molecule has 9 heteroatoms. The number of carbonyl (C=O) groups is 2. The summed E-state index contributed by atoms with van der Waals surface area (Å²) in [4.78, 5) is 23.8. The third kappa shape index (κ3) is 5.64. The number of anilines is 1. The lowest BCUT2D eigenvalue weighted by Gasteiger charge is -2.08. The maximum Gasteiger partial charge on any atom is 0.338 e. The maximum atomic E-state index is 12.0. The Hall–Kier alpha value is -3.22. The summed E-state index contributed by atoms with van der Waals surface area (Å²) in [6.45, 7) is 1.41. The summed E-state index contributed by atoms with van der Waals surface area (Å²) in [6, 6.07) is 13.4. The highest BCUT2D eigenvalue weighted by atomic mass is 32.2. The largest absolute Gasteiger partial charge is 0.452 e. The number of nitrogens with zero attached hydrogens (tertiary/aromatic N) is 1. The minimum Gasteiger partial charge on any atom is -0.452 e. The molecule has 0 atom stereocenters. The van der Waals surface area contributed by atoms with Gasteiger partial charge in [-0.1, -0.05) is 6.92 Å². The first-order chi connectivity index (χ1) is 12.9. The molecule has 0 heterocycles. The van der Waals surface area contributed by atoms with Gasteiger partial charge >= 0.3 is 5.97 Å². The zero-order valence-corrected chi connectivity index (χ0v) is 15.2. The van der Waals surface area contributed by atoms with Gasteiger partial charge in [0.25, 0.3) is 5.91 Å². The van der Waals surface area contributed by atoms with E-state index in [-0.39, 0.29) is 17.0 Å². The highest BCUT2D eigenvalue weighted by Crippen LogP contribution is 2.12. The number of amides is 1. The Balaban J connectivity index is 1.91. The molecule has 2 N–H and O–H groups in total. The topological polar surface area (TPSA) is 125 Å². The average molecular weight is 387 g/mol. The fourth-order valence-corrected chi connectivity index (χ4v) is 3.12. The van der Waals surface area contributed by atoms with Crippen molar-refractivity contribution in [2.45, 2.75) is 11.8 Å². The van der Waals surface area contributed by atoms with E-state index in [1.807, 2.05) is 6.07 Å². The standard InChI is InChI=1S/C18H17N3O5S/c1-2-20-27(24,25)16-9-5-14(6-10-16)18(23)26-12-17(22)21-15-7-3-13(11-19)4-8-15/h3-10,20H,2,12H2,1H3,(H,21,22). The first kappa shape index (κ1) is 20.1. The van der Waals surface area contributed by atoms with Crippen molar-refractivity contribution in [3.8, 4) is 6.07 Å². The first-order valence-electron chi connectivity index (χ1n) is 7.92. The van der Waals surface area contributed by atoms with Gasteiger partial charge in [0, 0.05) is 12.2 Å². The maximum absolute atomic E-state index is 12.0. The molecule has 0 radical (unpaired) electrons. The van der Waals surface area contributed by atoms with Gasteiger partial charge in [-0.3, -0.25) is 4.79 Å². The normalized spacial score (nSPS) is 10.7. The van der Waals surface area contributed by atoms with E-state index in [2.05, 4.69) is 10.0 Å². The van der Waals surface area contributed by atoms with E-state index in [4.69, 9.17) is 10.00 Å². The van der Waals surface area contributed by atoms with Crippen LogP contribution in [0.15, 0.2) is 53.4 Å². The van der Waals surface area contributed by atoms with Gasteiger partial charge in [0.2, 0.25) is 10.0 Å². The van der Waals surface area contributed by atoms with Gasteiger partial charge in [0.05, 0.1) is 22.1 Å². The summed E-state index contributed by atoms with van der Waals surface area (Å²) >= 11 is 0. The van der Waals surface area contributed by atoms with Gasteiger partial charge in [-0.25, -0.2) is 17.9 Å². The van der Waals surface area contributed by atoms with Crippen LogP contribution in [0.25, 0.3) is 0 Å². The van der Waals surface area contributed by atoms with E-state index in [0.717, 1.165) is 0 Å². The molecular weight excluding hydrogens is 370 g/mol. The van der Waals surface area contributed by atoms with Crippen molar-refractivity contribution in [3.63, 3.8) is 0 Å². The van der Waals surface area contributed by atoms with Crippen molar-refractivity contribution in [1.82, 2.24) is 4.72 Å². The number of nitrogens with one attached hydrogen (secondary N) is 2. The molecule has 27 heavy (non-hydrogen) atoms. The number of sulfonamides is 1. The van der Waals surface area contributed by atoms with Crippen LogP contribution in [0.2, 0.25) is 0 Å². The van der Waals surface area contributed by atoms with Crippen LogP contribution in [0, 0.1) is 11.3 Å². The highest BCUT2D eigenvalue weighted by molar-refractivity contribution is 7.89. The van der Waals surface area contributed by atoms with E-state index in [1.165, 1.54) is 24.3 Å². The smallest absolute Gasteiger partial charge is 0.338 e. The number of esters is 1. The number of hydrogen-bond acceptors (Lipinski definition) is 6. The molecule has 0 aliphatic heterocycles. The molecule has 0 aromatic heterocycles. The van der Waals surface area contributed by atoms with E-state index < -0.39 is 28.5 Å². The molecule has 0 aliphatic rings. The zero-order valence-electron chi connectivity index (χ0n) is 14.4. The van der Waals surface area contributed by atoms with Crippen molar-refractivity contribution in [1.29, 1.82) is 5.26 Å². The van der Waals surface area contributed by atoms with Crippen LogP contribution in [0.1, 0.15) is 22.8 Å². The lowest BCUT2D eigenvalue weighted by Crippen LogP contribution is -2.23. The second kappa shape index (κ2) is 8.93. The molecule has 8 nitrogen and oxygen atoms in total. The van der Waals surface area contributed by atoms with Crippen LogP contribution in [0.4, 0.5) is 5.69 Å². The molecule has 2 rings (SSSR count). The van der Waals surface area contributed by atoms with Gasteiger partial charge in [-0.2, -0.15) is 5.26 Å². The quantitative estimate of drug-likeness (QED) is 0.696. The Morgan fingerprint density at radius 1 is 1.07 bits per heavy atom. The fourth-order valence-electron chi connectivity index (χ4n) is 2.08. The number of ether oxygens (including phenoxy) is 1. The Bertz CT molecular complexity index is 962. The number of benzene rings is 2. The second-order valence-electron chi connectivity index (χ2n) is 5.34. The lowest BCUT2D eigenvalue weighted by atomic mass is 10.2. The molecule has 0 fully saturated rings. The Morgan fingerprint density at radius 3 is 2.26 bits per heavy atom. The summed E-state index contributed by atoms with van der Waals surface area (Å²) in [5.41, 5.74) is 1.05. The molecule has 0 bridgehead atoms. The summed E-state index contributed by atoms with van der Waals surface area (Å²) in [6.07, 6.45) is 0. The van der Waals surface area contributed by atoms with Crippen molar-refractivity contribution < 1.29 is 22.7 Å². The number of carbonyl (C=O) groups excluding carboxylic acids is 2. The Kier molecular flexibility index (Phi) is 6.65. The van der Waals surface area contributed by atoms with E-state index in [0.29, 0.717) is 11.3 Å². The minimum atomic E-state index is -3.60. The molecule has 0 aliphatic carbocycles. The Morgan fingerprint density at radius 2 is 1.70 bits per heavy atom. The van der Waals surface area contributed by atoms with E-state index in [1.54, 1.807) is 31.2 Å². The molecular formula is C18H17N3O5S. The van der Waals surface area contributed by atoms with Crippen molar-refractivity contribution in [2.24, 2.45) is 0 Å². The van der Waals surface area contributed by atoms with Crippen LogP contribution in [-0.2, 0) is 19.6 Å². The molecule has 0 saturated carbocycles. The van der Waals surface area contributed by atoms with Gasteiger partial charge in [0.1, 0.15) is 0 Å². The predicted octanol–water partition coefficient (Wildman–Crippen LogP) is 1.65. The first-order valence-corrected chi connectivity index (χ1v) is 9.41. The summed E-state index contributed by atoms with van der Waals surface area (Å²) in [5.74, 6) is -1.29. The van der Waals surface area contributed by atoms with Crippen LogP contribution in [0.5, 0.6) is 0 Å². The molecule has 1 amide bonds. The van der Waals surface area contributed by atoms with Gasteiger partial charge in [0.15, 0.2) is 6.61 Å². The molecule has 0 unspecified atom stereocenters. The van der Waals surface area contributed by atoms with Crippen LogP contribution >= 0.6 is 0 Å². The molecule has 2 aromatic rings. The molecule has 140 valence electrons. The lowest BCUT2D eigenvalue weighted by molar-refractivity contribution is -0.119. The summed E-state index contributed by atoms with van der Waals surface area (Å²) < 4.78 is 30.9. The van der Waals surface area contributed by atoms with Gasteiger partial charge in [-0.05, 0) is 48.5 Å². The molecule has 0 saturated heterocycles. The van der Waals surface area contributed by atoms with Crippen LogP contribution < -0.4 is 10.0 Å². The third-order valence-corrected chi connectivity index (χ3v) is 4.93. The van der Waals surface area contributed by atoms with E-state index in [9.17, 15) is 18.0 Å². The van der Waals surface area contributed by atoms with E-state index >= 15 is 0 Å². The molecule has 2 aromatic carbocycles. The van der Waals surface area contributed by atoms with Gasteiger partial charge < -0.3 is 10.1 Å². The van der Waals surface area contributed by atoms with Crippen LogP contribution in [0.3, 0.4) is 0 Å².